The van der Waals surface area contributed by atoms with Gasteiger partial charge in [0.25, 0.3) is 0 Å². The smallest absolute Gasteiger partial charge is 0.145 e. The molecule has 1 aromatic carbocycles. The minimum Gasteiger partial charge on any atom is -0.367 e. The number of aromatic nitrogens is 2. The van der Waals surface area contributed by atoms with Crippen LogP contribution in [0.5, 0.6) is 0 Å². The van der Waals surface area contributed by atoms with Gasteiger partial charge in [0.2, 0.25) is 0 Å². The molecule has 4 heteroatoms. The van der Waals surface area contributed by atoms with E-state index in [0.717, 1.165) is 23.4 Å². The summed E-state index contributed by atoms with van der Waals surface area (Å²) in [5, 5.41) is 3.45. The van der Waals surface area contributed by atoms with E-state index >= 15 is 0 Å². The molecule has 1 aliphatic rings. The molecule has 3 rings (SSSR count). The second-order valence-corrected chi connectivity index (χ2v) is 5.57. The number of rotatable bonds is 4. The summed E-state index contributed by atoms with van der Waals surface area (Å²) in [7, 11) is 4.32. The van der Waals surface area contributed by atoms with Crippen LogP contribution in [0.4, 0.5) is 5.82 Å². The van der Waals surface area contributed by atoms with Gasteiger partial charge in [0, 0.05) is 12.1 Å². The summed E-state index contributed by atoms with van der Waals surface area (Å²) in [5.41, 5.74) is 2.19. The van der Waals surface area contributed by atoms with Crippen LogP contribution < -0.4 is 5.32 Å². The lowest BCUT2D eigenvalue weighted by molar-refractivity contribution is 0.0738. The van der Waals surface area contributed by atoms with Crippen LogP contribution in [0.3, 0.4) is 0 Å². The largest absolute Gasteiger partial charge is 0.367 e. The fourth-order valence-corrected chi connectivity index (χ4v) is 2.66. The summed E-state index contributed by atoms with van der Waals surface area (Å²) in [6, 6.07) is 7.96. The number of nitrogens with zero attached hydrogens (tertiary/aromatic N) is 3. The molecular weight excluding hydrogens is 236 g/mol. The average molecular weight is 256 g/mol. The van der Waals surface area contributed by atoms with Crippen LogP contribution >= 0.6 is 0 Å². The number of likely N-dealkylation sites (N-methyl/N-ethyl adjacent to an activating group) is 1. The molecular formula is C15H20N4. The number of hydrogen-bond donors (Lipinski definition) is 1. The SMILES string of the molecule is CN(C)C1(CNc2cnc3ccccc3n2)CCC1. The fraction of sp³-hybridized carbons (Fsp3) is 0.467. The molecule has 2 aromatic rings. The lowest BCUT2D eigenvalue weighted by Crippen LogP contribution is -2.54. The lowest BCUT2D eigenvalue weighted by Gasteiger charge is -2.47. The number of benzene rings is 1. The fourth-order valence-electron chi connectivity index (χ4n) is 2.66. The molecule has 0 bridgehead atoms. The van der Waals surface area contributed by atoms with Crippen LogP contribution in [-0.2, 0) is 0 Å². The van der Waals surface area contributed by atoms with E-state index in [9.17, 15) is 0 Å². The van der Waals surface area contributed by atoms with Gasteiger partial charge in [0.1, 0.15) is 5.82 Å². The van der Waals surface area contributed by atoms with Crippen molar-refractivity contribution in [3.8, 4) is 0 Å². The van der Waals surface area contributed by atoms with E-state index in [-0.39, 0.29) is 0 Å². The first-order chi connectivity index (χ1) is 9.20. The highest BCUT2D eigenvalue weighted by Gasteiger charge is 2.38. The van der Waals surface area contributed by atoms with Crippen molar-refractivity contribution >= 4 is 16.9 Å². The molecule has 1 fully saturated rings. The van der Waals surface area contributed by atoms with Gasteiger partial charge in [-0.1, -0.05) is 12.1 Å². The third-order valence-corrected chi connectivity index (χ3v) is 4.28. The Morgan fingerprint density at radius 3 is 2.58 bits per heavy atom. The summed E-state index contributed by atoms with van der Waals surface area (Å²) in [6.07, 6.45) is 5.66. The molecule has 4 nitrogen and oxygen atoms in total. The van der Waals surface area contributed by atoms with E-state index in [1.807, 2.05) is 30.5 Å². The van der Waals surface area contributed by atoms with Crippen LogP contribution in [0.25, 0.3) is 11.0 Å². The Morgan fingerprint density at radius 2 is 1.95 bits per heavy atom. The molecule has 1 aliphatic carbocycles. The highest BCUT2D eigenvalue weighted by atomic mass is 15.2. The predicted octanol–water partition coefficient (Wildman–Crippen LogP) is 2.53. The van der Waals surface area contributed by atoms with Gasteiger partial charge in [0.15, 0.2) is 0 Å². The Bertz CT molecular complexity index is 575. The van der Waals surface area contributed by atoms with Crippen LogP contribution in [0.2, 0.25) is 0 Å². The monoisotopic (exact) mass is 256 g/mol. The first kappa shape index (κ1) is 12.4. The molecule has 0 atom stereocenters. The number of nitrogens with one attached hydrogen (secondary N) is 1. The van der Waals surface area contributed by atoms with Crippen molar-refractivity contribution in [1.82, 2.24) is 14.9 Å². The van der Waals surface area contributed by atoms with E-state index in [1.54, 1.807) is 0 Å². The zero-order valence-electron chi connectivity index (χ0n) is 11.6. The molecule has 1 aromatic heterocycles. The second-order valence-electron chi connectivity index (χ2n) is 5.57. The number of para-hydroxylation sites is 2. The van der Waals surface area contributed by atoms with Crippen molar-refractivity contribution in [2.45, 2.75) is 24.8 Å². The maximum Gasteiger partial charge on any atom is 0.145 e. The minimum atomic E-state index is 0.299. The van der Waals surface area contributed by atoms with Crippen molar-refractivity contribution in [1.29, 1.82) is 0 Å². The van der Waals surface area contributed by atoms with E-state index < -0.39 is 0 Å². The molecule has 1 heterocycles. The zero-order chi connectivity index (χ0) is 13.3. The Morgan fingerprint density at radius 1 is 1.21 bits per heavy atom. The molecule has 0 saturated heterocycles. The van der Waals surface area contributed by atoms with Gasteiger partial charge in [-0.2, -0.15) is 0 Å². The average Bonchev–Trinajstić information content (AvgIpc) is 2.37. The van der Waals surface area contributed by atoms with Gasteiger partial charge in [-0.3, -0.25) is 4.98 Å². The number of hydrogen-bond acceptors (Lipinski definition) is 4. The maximum atomic E-state index is 4.60. The summed E-state index contributed by atoms with van der Waals surface area (Å²) >= 11 is 0. The molecule has 1 N–H and O–H groups in total. The van der Waals surface area contributed by atoms with Gasteiger partial charge < -0.3 is 10.2 Å². The molecule has 0 spiro atoms. The molecule has 100 valence electrons. The molecule has 0 radical (unpaired) electrons. The quantitative estimate of drug-likeness (QED) is 0.912. The van der Waals surface area contributed by atoms with Crippen molar-refractivity contribution in [2.24, 2.45) is 0 Å². The molecule has 0 amide bonds. The minimum absolute atomic E-state index is 0.299. The number of fused-ring (bicyclic) bond motifs is 1. The van der Waals surface area contributed by atoms with E-state index in [2.05, 4.69) is 34.3 Å². The Hall–Kier alpha value is -1.68. The first-order valence-electron chi connectivity index (χ1n) is 6.83. The van der Waals surface area contributed by atoms with Gasteiger partial charge in [0.05, 0.1) is 17.2 Å². The van der Waals surface area contributed by atoms with Gasteiger partial charge in [-0.15, -0.1) is 0 Å². The Labute approximate surface area is 113 Å². The summed E-state index contributed by atoms with van der Waals surface area (Å²) in [4.78, 5) is 11.4. The third kappa shape index (κ3) is 2.28. The Kier molecular flexibility index (Phi) is 3.11. The standard InChI is InChI=1S/C15H20N4/c1-19(2)15(8-5-9-15)11-17-14-10-16-12-6-3-4-7-13(12)18-14/h3-4,6-7,10H,5,8-9,11H2,1-2H3,(H,17,18). The molecule has 0 unspecified atom stereocenters. The van der Waals surface area contributed by atoms with Crippen molar-refractivity contribution in [3.05, 3.63) is 30.5 Å². The molecule has 0 aliphatic heterocycles. The lowest BCUT2D eigenvalue weighted by atomic mass is 9.75. The second kappa shape index (κ2) is 4.78. The van der Waals surface area contributed by atoms with E-state index in [0.29, 0.717) is 5.54 Å². The van der Waals surface area contributed by atoms with Crippen molar-refractivity contribution in [2.75, 3.05) is 26.0 Å². The van der Waals surface area contributed by atoms with Crippen LogP contribution in [0.1, 0.15) is 19.3 Å². The highest BCUT2D eigenvalue weighted by molar-refractivity contribution is 5.75. The Balaban J connectivity index is 1.75. The normalized spacial score (nSPS) is 17.4. The summed E-state index contributed by atoms with van der Waals surface area (Å²) in [5.74, 6) is 0.867. The van der Waals surface area contributed by atoms with E-state index in [4.69, 9.17) is 0 Å². The predicted molar refractivity (Wildman–Crippen MR) is 78.3 cm³/mol. The number of anilines is 1. The van der Waals surface area contributed by atoms with Crippen molar-refractivity contribution < 1.29 is 0 Å². The van der Waals surface area contributed by atoms with Crippen LogP contribution in [0, 0.1) is 0 Å². The zero-order valence-corrected chi connectivity index (χ0v) is 11.6. The summed E-state index contributed by atoms with van der Waals surface area (Å²) in [6.45, 7) is 0.938. The topological polar surface area (TPSA) is 41.0 Å². The third-order valence-electron chi connectivity index (χ3n) is 4.28. The van der Waals surface area contributed by atoms with Crippen molar-refractivity contribution in [3.63, 3.8) is 0 Å². The highest BCUT2D eigenvalue weighted by Crippen LogP contribution is 2.36. The van der Waals surface area contributed by atoms with Gasteiger partial charge in [-0.25, -0.2) is 4.98 Å². The maximum absolute atomic E-state index is 4.60. The van der Waals surface area contributed by atoms with Crippen LogP contribution in [0.15, 0.2) is 30.5 Å². The van der Waals surface area contributed by atoms with Gasteiger partial charge in [-0.05, 0) is 45.5 Å². The van der Waals surface area contributed by atoms with Gasteiger partial charge >= 0.3 is 0 Å². The molecule has 19 heavy (non-hydrogen) atoms. The molecule has 1 saturated carbocycles. The van der Waals surface area contributed by atoms with E-state index in [1.165, 1.54) is 19.3 Å². The first-order valence-corrected chi connectivity index (χ1v) is 6.83. The van der Waals surface area contributed by atoms with Crippen LogP contribution in [-0.4, -0.2) is 41.0 Å². The summed E-state index contributed by atoms with van der Waals surface area (Å²) < 4.78 is 0.